The van der Waals surface area contributed by atoms with Gasteiger partial charge in [-0.25, -0.2) is 0 Å². The summed E-state index contributed by atoms with van der Waals surface area (Å²) < 4.78 is 0. The topological polar surface area (TPSA) is 3.24 Å². The van der Waals surface area contributed by atoms with Crippen molar-refractivity contribution >= 4 is 37.2 Å². The van der Waals surface area contributed by atoms with Gasteiger partial charge in [0.15, 0.2) is 0 Å². The van der Waals surface area contributed by atoms with E-state index in [9.17, 15) is 0 Å². The molecule has 0 heterocycles. The van der Waals surface area contributed by atoms with Gasteiger partial charge < -0.3 is 4.90 Å². The standard InChI is InChI=1S/C10H23N.3ClH.Fe/c1-4-5-6-7-8-9-10-11(2)3;;;;/h4-10H2,1-3H3;3*1H;. The van der Waals surface area contributed by atoms with Crippen LogP contribution >= 0.6 is 37.2 Å². The Hall–Kier alpha value is 1.35. The summed E-state index contributed by atoms with van der Waals surface area (Å²) in [4.78, 5) is 2.26. The maximum atomic E-state index is 2.26. The fourth-order valence-electron chi connectivity index (χ4n) is 1.21. The van der Waals surface area contributed by atoms with Crippen LogP contribution in [0.4, 0.5) is 0 Å². The van der Waals surface area contributed by atoms with E-state index in [-0.39, 0.29) is 54.3 Å². The summed E-state index contributed by atoms with van der Waals surface area (Å²) in [6.45, 7) is 3.52. The first-order valence-electron chi connectivity index (χ1n) is 4.92. The van der Waals surface area contributed by atoms with Crippen LogP contribution in [0.5, 0.6) is 0 Å². The van der Waals surface area contributed by atoms with Crippen molar-refractivity contribution in [2.45, 2.75) is 45.4 Å². The van der Waals surface area contributed by atoms with E-state index in [2.05, 4.69) is 25.9 Å². The van der Waals surface area contributed by atoms with E-state index in [1.807, 2.05) is 0 Å². The van der Waals surface area contributed by atoms with Gasteiger partial charge in [0.2, 0.25) is 0 Å². The van der Waals surface area contributed by atoms with Gasteiger partial charge in [-0.1, -0.05) is 39.0 Å². The summed E-state index contributed by atoms with van der Waals surface area (Å²) >= 11 is 0. The molecule has 0 amide bonds. The smallest absolute Gasteiger partial charge is 0 e. The monoisotopic (exact) mass is 321 g/mol. The Labute approximate surface area is 125 Å². The van der Waals surface area contributed by atoms with Gasteiger partial charge in [0, 0.05) is 17.1 Å². The maximum absolute atomic E-state index is 2.26. The van der Waals surface area contributed by atoms with Crippen LogP contribution in [0.2, 0.25) is 0 Å². The van der Waals surface area contributed by atoms with Crippen LogP contribution in [-0.4, -0.2) is 25.5 Å². The molecule has 0 aliphatic rings. The van der Waals surface area contributed by atoms with Gasteiger partial charge in [-0.2, -0.15) is 0 Å². The molecule has 0 N–H and O–H groups in total. The first-order chi connectivity index (χ1) is 5.27. The predicted octanol–water partition coefficient (Wildman–Crippen LogP) is 4.17. The molecule has 100 valence electrons. The van der Waals surface area contributed by atoms with Crippen LogP contribution < -0.4 is 0 Å². The molecule has 0 bridgehead atoms. The van der Waals surface area contributed by atoms with Gasteiger partial charge in [-0.15, -0.1) is 37.2 Å². The molecule has 0 unspecified atom stereocenters. The fraction of sp³-hybridized carbons (Fsp3) is 1.00. The number of rotatable bonds is 7. The quantitative estimate of drug-likeness (QED) is 0.502. The molecule has 0 atom stereocenters. The number of hydrogen-bond donors (Lipinski definition) is 0. The second kappa shape index (κ2) is 24.5. The predicted molar refractivity (Wildman–Crippen MR) is 73.7 cm³/mol. The minimum Gasteiger partial charge on any atom is -0.309 e. The van der Waals surface area contributed by atoms with Crippen molar-refractivity contribution in [3.8, 4) is 0 Å². The Morgan fingerprint density at radius 2 is 1.13 bits per heavy atom. The van der Waals surface area contributed by atoms with E-state index in [1.54, 1.807) is 0 Å². The number of hydrogen-bond acceptors (Lipinski definition) is 1. The SMILES string of the molecule is CCCCCCCCN(C)C.Cl.Cl.Cl.[Fe]. The van der Waals surface area contributed by atoms with Crippen molar-refractivity contribution in [1.29, 1.82) is 0 Å². The van der Waals surface area contributed by atoms with E-state index >= 15 is 0 Å². The summed E-state index contributed by atoms with van der Waals surface area (Å²) in [7, 11) is 4.29. The van der Waals surface area contributed by atoms with Gasteiger partial charge in [0.25, 0.3) is 0 Å². The number of unbranched alkanes of at least 4 members (excludes halogenated alkanes) is 5. The summed E-state index contributed by atoms with van der Waals surface area (Å²) in [6, 6.07) is 0. The first kappa shape index (κ1) is 29.9. The Morgan fingerprint density at radius 3 is 1.53 bits per heavy atom. The molecule has 15 heavy (non-hydrogen) atoms. The molecule has 0 rings (SSSR count). The molecule has 0 aliphatic carbocycles. The second-order valence-corrected chi connectivity index (χ2v) is 3.57. The van der Waals surface area contributed by atoms with Crippen molar-refractivity contribution in [2.24, 2.45) is 0 Å². The van der Waals surface area contributed by atoms with Crippen molar-refractivity contribution in [3.05, 3.63) is 0 Å². The van der Waals surface area contributed by atoms with E-state index in [0.29, 0.717) is 0 Å². The minimum atomic E-state index is 0. The molecule has 0 fully saturated rings. The molecule has 0 saturated heterocycles. The Morgan fingerprint density at radius 1 is 0.733 bits per heavy atom. The Bertz CT molecular complexity index is 85.1. The van der Waals surface area contributed by atoms with Gasteiger partial charge in [0.05, 0.1) is 0 Å². The minimum absolute atomic E-state index is 0. The molecule has 0 aromatic heterocycles. The fourth-order valence-corrected chi connectivity index (χ4v) is 1.21. The second-order valence-electron chi connectivity index (χ2n) is 3.57. The Balaban J connectivity index is -0.0000000833. The zero-order valence-corrected chi connectivity index (χ0v) is 13.5. The van der Waals surface area contributed by atoms with Crippen LogP contribution in [-0.2, 0) is 17.1 Å². The van der Waals surface area contributed by atoms with Crippen LogP contribution in [0.15, 0.2) is 0 Å². The van der Waals surface area contributed by atoms with Crippen LogP contribution in [0, 0.1) is 0 Å². The first-order valence-corrected chi connectivity index (χ1v) is 4.92. The molecule has 5 heteroatoms. The average molecular weight is 323 g/mol. The molecule has 0 radical (unpaired) electrons. The van der Waals surface area contributed by atoms with Gasteiger partial charge >= 0.3 is 0 Å². The van der Waals surface area contributed by atoms with Crippen molar-refractivity contribution < 1.29 is 17.1 Å². The average Bonchev–Trinajstić information content (AvgIpc) is 1.96. The van der Waals surface area contributed by atoms with Gasteiger partial charge in [-0.3, -0.25) is 0 Å². The molecule has 0 aromatic rings. The molecule has 1 nitrogen and oxygen atoms in total. The molecule has 0 saturated carbocycles. The summed E-state index contributed by atoms with van der Waals surface area (Å²) in [5, 5.41) is 0. The summed E-state index contributed by atoms with van der Waals surface area (Å²) in [5.41, 5.74) is 0. The molecule has 0 spiro atoms. The number of nitrogens with zero attached hydrogens (tertiary/aromatic N) is 1. The zero-order valence-electron chi connectivity index (χ0n) is 9.98. The summed E-state index contributed by atoms with van der Waals surface area (Å²) in [6.07, 6.45) is 8.43. The molecular weight excluding hydrogens is 296 g/mol. The third kappa shape index (κ3) is 31.3. The zero-order chi connectivity index (χ0) is 8.53. The van der Waals surface area contributed by atoms with Gasteiger partial charge in [0.1, 0.15) is 0 Å². The summed E-state index contributed by atoms with van der Waals surface area (Å²) in [5.74, 6) is 0. The third-order valence-electron chi connectivity index (χ3n) is 1.96. The Kier molecular flexibility index (Phi) is 48.9. The van der Waals surface area contributed by atoms with E-state index in [1.165, 1.54) is 45.1 Å². The van der Waals surface area contributed by atoms with Crippen LogP contribution in [0.1, 0.15) is 45.4 Å². The van der Waals surface area contributed by atoms with Crippen LogP contribution in [0.3, 0.4) is 0 Å². The largest absolute Gasteiger partial charge is 0.309 e. The van der Waals surface area contributed by atoms with E-state index in [0.717, 1.165) is 0 Å². The molecular formula is C10H26Cl3FeN. The van der Waals surface area contributed by atoms with E-state index < -0.39 is 0 Å². The van der Waals surface area contributed by atoms with Crippen molar-refractivity contribution in [3.63, 3.8) is 0 Å². The third-order valence-corrected chi connectivity index (χ3v) is 1.96. The normalized spacial score (nSPS) is 8.00. The van der Waals surface area contributed by atoms with Gasteiger partial charge in [-0.05, 0) is 27.1 Å². The molecule has 0 aromatic carbocycles. The van der Waals surface area contributed by atoms with E-state index in [4.69, 9.17) is 0 Å². The van der Waals surface area contributed by atoms with Crippen molar-refractivity contribution in [1.82, 2.24) is 4.90 Å². The number of halogens is 3. The van der Waals surface area contributed by atoms with Crippen LogP contribution in [0.25, 0.3) is 0 Å². The molecule has 0 aliphatic heterocycles. The maximum Gasteiger partial charge on any atom is 0 e. The van der Waals surface area contributed by atoms with Crippen molar-refractivity contribution in [2.75, 3.05) is 20.6 Å².